The Bertz CT molecular complexity index is 509. The van der Waals surface area contributed by atoms with Crippen molar-refractivity contribution in [2.45, 2.75) is 6.92 Å². The number of hydrogen-bond donors (Lipinski definition) is 0. The predicted octanol–water partition coefficient (Wildman–Crippen LogP) is 2.35. The number of rotatable bonds is 4. The maximum Gasteiger partial charge on any atom is 0.162 e. The number of hydrogen-bond acceptors (Lipinski definition) is 4. The second-order valence-electron chi connectivity index (χ2n) is 3.39. The van der Waals surface area contributed by atoms with E-state index in [-0.39, 0.29) is 0 Å². The smallest absolute Gasteiger partial charge is 0.162 e. The molecule has 17 heavy (non-hydrogen) atoms. The van der Waals surface area contributed by atoms with Gasteiger partial charge in [-0.15, -0.1) is 0 Å². The van der Waals surface area contributed by atoms with Gasteiger partial charge in [0.2, 0.25) is 0 Å². The summed E-state index contributed by atoms with van der Waals surface area (Å²) < 4.78 is 5.50. The molecule has 4 nitrogen and oxygen atoms in total. The van der Waals surface area contributed by atoms with E-state index in [1.54, 1.807) is 0 Å². The van der Waals surface area contributed by atoms with Gasteiger partial charge in [-0.1, -0.05) is 12.1 Å². The van der Waals surface area contributed by atoms with Gasteiger partial charge >= 0.3 is 0 Å². The Morgan fingerprint density at radius 2 is 1.94 bits per heavy atom. The highest BCUT2D eigenvalue weighted by molar-refractivity contribution is 5.74. The van der Waals surface area contributed by atoms with Crippen LogP contribution in [0.1, 0.15) is 17.3 Å². The fraction of sp³-hybridized carbons (Fsp3) is 0.154. The van der Waals surface area contributed by atoms with Gasteiger partial charge in [-0.05, 0) is 19.1 Å². The molecule has 0 N–H and O–H groups in total. The molecule has 0 spiro atoms. The standard InChI is InChI=1S/C13H12N2O2/c1-2-17-12-6-4-3-5-11(12)13-14-7-10(9-16)8-15-13/h3-9H,2H2,1H3. The SMILES string of the molecule is CCOc1ccccc1-c1ncc(C=O)cn1. The van der Waals surface area contributed by atoms with E-state index in [2.05, 4.69) is 9.97 Å². The first-order valence-electron chi connectivity index (χ1n) is 5.34. The highest BCUT2D eigenvalue weighted by atomic mass is 16.5. The van der Waals surface area contributed by atoms with E-state index in [1.807, 2.05) is 31.2 Å². The van der Waals surface area contributed by atoms with Gasteiger partial charge in [-0.2, -0.15) is 0 Å². The molecule has 0 saturated carbocycles. The Morgan fingerprint density at radius 1 is 1.24 bits per heavy atom. The molecule has 0 aliphatic heterocycles. The van der Waals surface area contributed by atoms with E-state index in [4.69, 9.17) is 4.74 Å². The molecule has 0 aliphatic rings. The molecule has 2 rings (SSSR count). The Hall–Kier alpha value is -2.23. The van der Waals surface area contributed by atoms with Gasteiger partial charge in [0.05, 0.1) is 17.7 Å². The van der Waals surface area contributed by atoms with Crippen molar-refractivity contribution in [3.8, 4) is 17.1 Å². The largest absolute Gasteiger partial charge is 0.493 e. The van der Waals surface area contributed by atoms with Crippen molar-refractivity contribution < 1.29 is 9.53 Å². The lowest BCUT2D eigenvalue weighted by Gasteiger charge is -2.08. The van der Waals surface area contributed by atoms with Crippen molar-refractivity contribution in [3.63, 3.8) is 0 Å². The molecule has 0 atom stereocenters. The van der Waals surface area contributed by atoms with Crippen molar-refractivity contribution in [3.05, 3.63) is 42.2 Å². The minimum absolute atomic E-state index is 0.461. The minimum atomic E-state index is 0.461. The van der Waals surface area contributed by atoms with Gasteiger partial charge in [0.25, 0.3) is 0 Å². The van der Waals surface area contributed by atoms with Crippen molar-refractivity contribution in [1.29, 1.82) is 0 Å². The average molecular weight is 228 g/mol. The van der Waals surface area contributed by atoms with E-state index in [9.17, 15) is 4.79 Å². The molecule has 0 radical (unpaired) electrons. The molecule has 86 valence electrons. The van der Waals surface area contributed by atoms with Crippen LogP contribution in [0.15, 0.2) is 36.7 Å². The van der Waals surface area contributed by atoms with E-state index in [0.717, 1.165) is 17.6 Å². The maximum atomic E-state index is 10.5. The highest BCUT2D eigenvalue weighted by Gasteiger charge is 2.07. The van der Waals surface area contributed by atoms with Crippen LogP contribution in [-0.4, -0.2) is 22.9 Å². The van der Waals surface area contributed by atoms with Gasteiger partial charge in [-0.3, -0.25) is 4.79 Å². The van der Waals surface area contributed by atoms with Gasteiger partial charge in [0, 0.05) is 12.4 Å². The summed E-state index contributed by atoms with van der Waals surface area (Å²) in [6, 6.07) is 7.56. The zero-order valence-corrected chi connectivity index (χ0v) is 9.46. The molecule has 0 amide bonds. The number of ether oxygens (including phenoxy) is 1. The molecular formula is C13H12N2O2. The quantitative estimate of drug-likeness (QED) is 0.754. The molecule has 4 heteroatoms. The number of nitrogens with zero attached hydrogens (tertiary/aromatic N) is 2. The normalized spacial score (nSPS) is 9.94. The van der Waals surface area contributed by atoms with Crippen LogP contribution in [0.3, 0.4) is 0 Å². The fourth-order valence-corrected chi connectivity index (χ4v) is 1.47. The molecule has 0 saturated heterocycles. The van der Waals surface area contributed by atoms with Crippen molar-refractivity contribution in [2.24, 2.45) is 0 Å². The molecule has 0 bridgehead atoms. The van der Waals surface area contributed by atoms with E-state index < -0.39 is 0 Å². The van der Waals surface area contributed by atoms with Crippen LogP contribution in [0, 0.1) is 0 Å². The monoisotopic (exact) mass is 228 g/mol. The third-order valence-corrected chi connectivity index (χ3v) is 2.24. The van der Waals surface area contributed by atoms with Crippen molar-refractivity contribution in [1.82, 2.24) is 9.97 Å². The van der Waals surface area contributed by atoms with Crippen LogP contribution in [-0.2, 0) is 0 Å². The van der Waals surface area contributed by atoms with E-state index in [0.29, 0.717) is 18.0 Å². The summed E-state index contributed by atoms with van der Waals surface area (Å²) in [5.41, 5.74) is 1.29. The van der Waals surface area contributed by atoms with Gasteiger partial charge in [0.15, 0.2) is 12.1 Å². The number of carbonyl (C=O) groups is 1. The first-order valence-corrected chi connectivity index (χ1v) is 5.34. The number of aromatic nitrogens is 2. The van der Waals surface area contributed by atoms with Crippen LogP contribution in [0.25, 0.3) is 11.4 Å². The molecule has 1 heterocycles. The lowest BCUT2D eigenvalue weighted by molar-refractivity contribution is 0.112. The van der Waals surface area contributed by atoms with Crippen molar-refractivity contribution >= 4 is 6.29 Å². The lowest BCUT2D eigenvalue weighted by atomic mass is 10.2. The second-order valence-corrected chi connectivity index (χ2v) is 3.39. The topological polar surface area (TPSA) is 52.1 Å². The Morgan fingerprint density at radius 3 is 2.59 bits per heavy atom. The fourth-order valence-electron chi connectivity index (χ4n) is 1.47. The summed E-state index contributed by atoms with van der Waals surface area (Å²) >= 11 is 0. The zero-order chi connectivity index (χ0) is 12.1. The summed E-state index contributed by atoms with van der Waals surface area (Å²) in [5, 5.41) is 0. The van der Waals surface area contributed by atoms with Crippen LogP contribution in [0.4, 0.5) is 0 Å². The first-order chi connectivity index (χ1) is 8.35. The van der Waals surface area contributed by atoms with Gasteiger partial charge < -0.3 is 4.74 Å². The van der Waals surface area contributed by atoms with Gasteiger partial charge in [0.1, 0.15) is 5.75 Å². The van der Waals surface area contributed by atoms with E-state index >= 15 is 0 Å². The molecule has 1 aromatic carbocycles. The average Bonchev–Trinajstić information content (AvgIpc) is 2.40. The maximum absolute atomic E-state index is 10.5. The van der Waals surface area contributed by atoms with Crippen molar-refractivity contribution in [2.75, 3.05) is 6.61 Å². The molecule has 2 aromatic rings. The number of carbonyl (C=O) groups excluding carboxylic acids is 1. The summed E-state index contributed by atoms with van der Waals surface area (Å²) in [4.78, 5) is 18.8. The second kappa shape index (κ2) is 5.21. The summed E-state index contributed by atoms with van der Waals surface area (Å²) in [6.45, 7) is 2.51. The van der Waals surface area contributed by atoms with E-state index in [1.165, 1.54) is 12.4 Å². The predicted molar refractivity (Wildman–Crippen MR) is 64.0 cm³/mol. The van der Waals surface area contributed by atoms with Crippen LogP contribution in [0.5, 0.6) is 5.75 Å². The molecule has 1 aromatic heterocycles. The zero-order valence-electron chi connectivity index (χ0n) is 9.46. The first kappa shape index (κ1) is 11.3. The lowest BCUT2D eigenvalue weighted by Crippen LogP contribution is -1.97. The Balaban J connectivity index is 2.40. The van der Waals surface area contributed by atoms with Gasteiger partial charge in [-0.25, -0.2) is 9.97 Å². The van der Waals surface area contributed by atoms with Crippen LogP contribution in [0.2, 0.25) is 0 Å². The number of para-hydroxylation sites is 1. The highest BCUT2D eigenvalue weighted by Crippen LogP contribution is 2.26. The van der Waals surface area contributed by atoms with Crippen LogP contribution >= 0.6 is 0 Å². The summed E-state index contributed by atoms with van der Waals surface area (Å²) in [5.74, 6) is 1.30. The Labute approximate surface area is 99.3 Å². The third kappa shape index (κ3) is 2.47. The number of benzene rings is 1. The third-order valence-electron chi connectivity index (χ3n) is 2.24. The number of aldehydes is 1. The molecule has 0 unspecified atom stereocenters. The summed E-state index contributed by atoms with van der Waals surface area (Å²) in [6.07, 6.45) is 3.72. The minimum Gasteiger partial charge on any atom is -0.493 e. The Kier molecular flexibility index (Phi) is 3.45. The molecular weight excluding hydrogens is 216 g/mol. The summed E-state index contributed by atoms with van der Waals surface area (Å²) in [7, 11) is 0. The molecule has 0 fully saturated rings. The molecule has 0 aliphatic carbocycles. The van der Waals surface area contributed by atoms with Crippen LogP contribution < -0.4 is 4.74 Å².